The SMILES string of the molecule is CCC(C)[C@H](OC(=O)[C@H](CC(C)C)N(C)C(C)=O)C(=O)N(C)[C@H](C(=O)N1CCC[C@H]1C(=O)N1C(=O)C=C(OC)[C@@H]1C(C)C)C(C)C. The maximum absolute atomic E-state index is 14.2. The van der Waals surface area contributed by atoms with Crippen LogP contribution in [0.25, 0.3) is 0 Å². The third-order valence-electron chi connectivity index (χ3n) is 9.23. The van der Waals surface area contributed by atoms with Gasteiger partial charge < -0.3 is 24.2 Å². The van der Waals surface area contributed by atoms with Crippen molar-refractivity contribution in [3.8, 4) is 0 Å². The second-order valence-corrected chi connectivity index (χ2v) is 13.8. The highest BCUT2D eigenvalue weighted by atomic mass is 16.6. The summed E-state index contributed by atoms with van der Waals surface area (Å²) in [5.41, 5.74) is 0. The summed E-state index contributed by atoms with van der Waals surface area (Å²) >= 11 is 0. The Morgan fingerprint density at radius 1 is 1.00 bits per heavy atom. The molecule has 5 amide bonds. The number of rotatable bonds is 14. The number of carbonyl (C=O) groups excluding carboxylic acids is 6. The van der Waals surface area contributed by atoms with Gasteiger partial charge in [-0.3, -0.25) is 28.9 Å². The quantitative estimate of drug-likeness (QED) is 0.207. The number of hydrogen-bond acceptors (Lipinski definition) is 8. The average molecular weight is 649 g/mol. The fourth-order valence-corrected chi connectivity index (χ4v) is 6.35. The maximum Gasteiger partial charge on any atom is 0.329 e. The van der Waals surface area contributed by atoms with E-state index in [9.17, 15) is 28.8 Å². The standard InChI is InChI=1S/C34H56N4O8/c1-13-22(8)30(46-34(44)25(17-19(2)3)35(10)23(9)39)33(43)36(11)29(21(6)7)32(42)37-16-14-15-24(37)31(41)38-27(40)18-26(45-12)28(38)20(4)5/h18-22,24-25,28-30H,13-17H2,1-12H3/t22?,24-,25-,28-,29-,30-/m0/s1. The third-order valence-corrected chi connectivity index (χ3v) is 9.23. The van der Waals surface area contributed by atoms with E-state index in [2.05, 4.69) is 0 Å². The van der Waals surface area contributed by atoms with Crippen LogP contribution >= 0.6 is 0 Å². The van der Waals surface area contributed by atoms with Gasteiger partial charge in [0.2, 0.25) is 11.8 Å². The predicted molar refractivity (Wildman–Crippen MR) is 173 cm³/mol. The Kier molecular flexibility index (Phi) is 13.8. The van der Waals surface area contributed by atoms with Crippen LogP contribution in [0.1, 0.15) is 88.0 Å². The first-order valence-corrected chi connectivity index (χ1v) is 16.5. The van der Waals surface area contributed by atoms with Crippen molar-refractivity contribution in [2.24, 2.45) is 23.7 Å². The summed E-state index contributed by atoms with van der Waals surface area (Å²) in [4.78, 5) is 86.2. The fourth-order valence-electron chi connectivity index (χ4n) is 6.35. The molecular formula is C34H56N4O8. The number of imide groups is 1. The van der Waals surface area contributed by atoms with E-state index in [0.717, 1.165) is 0 Å². The highest BCUT2D eigenvalue weighted by Gasteiger charge is 2.48. The maximum atomic E-state index is 14.2. The molecular weight excluding hydrogens is 592 g/mol. The van der Waals surface area contributed by atoms with Gasteiger partial charge in [-0.15, -0.1) is 0 Å². The van der Waals surface area contributed by atoms with E-state index in [0.29, 0.717) is 38.0 Å². The molecule has 0 aliphatic carbocycles. The minimum atomic E-state index is -1.19. The molecule has 2 rings (SSSR count). The van der Waals surface area contributed by atoms with Gasteiger partial charge in [-0.1, -0.05) is 55.4 Å². The molecule has 0 radical (unpaired) electrons. The first-order chi connectivity index (χ1) is 21.4. The zero-order chi connectivity index (χ0) is 35.2. The van der Waals surface area contributed by atoms with Gasteiger partial charge >= 0.3 is 5.97 Å². The number of carbonyl (C=O) groups is 6. The molecule has 0 aromatic heterocycles. The van der Waals surface area contributed by atoms with E-state index in [4.69, 9.17) is 9.47 Å². The Balaban J connectivity index is 2.37. The first kappa shape index (κ1) is 38.7. The fraction of sp³-hybridized carbons (Fsp3) is 0.765. The zero-order valence-electron chi connectivity index (χ0n) is 29.9. The molecule has 0 aromatic carbocycles. The molecule has 12 heteroatoms. The van der Waals surface area contributed by atoms with Gasteiger partial charge in [0.25, 0.3) is 17.7 Å². The van der Waals surface area contributed by atoms with Crippen LogP contribution in [0, 0.1) is 23.7 Å². The van der Waals surface area contributed by atoms with Crippen LogP contribution in [-0.4, -0.2) is 113 Å². The number of esters is 1. The van der Waals surface area contributed by atoms with Crippen LogP contribution in [0.2, 0.25) is 0 Å². The van der Waals surface area contributed by atoms with E-state index in [1.165, 1.54) is 53.8 Å². The topological polar surface area (TPSA) is 134 Å². The molecule has 2 aliphatic heterocycles. The predicted octanol–water partition coefficient (Wildman–Crippen LogP) is 3.24. The summed E-state index contributed by atoms with van der Waals surface area (Å²) in [5, 5.41) is 0. The Bertz CT molecular complexity index is 1180. The van der Waals surface area contributed by atoms with Crippen molar-refractivity contribution in [1.29, 1.82) is 0 Å². The molecule has 0 N–H and O–H groups in total. The number of hydrogen-bond donors (Lipinski definition) is 0. The van der Waals surface area contributed by atoms with Crippen LogP contribution in [0.5, 0.6) is 0 Å². The normalized spacial score (nSPS) is 20.8. The molecule has 0 bridgehead atoms. The van der Waals surface area contributed by atoms with Gasteiger partial charge in [-0.25, -0.2) is 4.79 Å². The minimum absolute atomic E-state index is 0.0855. The molecule has 1 saturated heterocycles. The summed E-state index contributed by atoms with van der Waals surface area (Å²) in [6.45, 7) is 16.7. The third kappa shape index (κ3) is 8.47. The van der Waals surface area contributed by atoms with E-state index in [1.54, 1.807) is 6.92 Å². The van der Waals surface area contributed by atoms with Gasteiger partial charge in [0.1, 0.15) is 23.9 Å². The summed E-state index contributed by atoms with van der Waals surface area (Å²) in [7, 11) is 4.52. The largest absolute Gasteiger partial charge is 0.499 e. The van der Waals surface area contributed by atoms with Crippen LogP contribution in [0.15, 0.2) is 11.8 Å². The average Bonchev–Trinajstić information content (AvgIpc) is 3.61. The lowest BCUT2D eigenvalue weighted by molar-refractivity contribution is -0.171. The Labute approximate surface area is 274 Å². The van der Waals surface area contributed by atoms with Crippen LogP contribution in [0.3, 0.4) is 0 Å². The molecule has 0 spiro atoms. The van der Waals surface area contributed by atoms with Crippen molar-refractivity contribution in [3.05, 3.63) is 11.8 Å². The lowest BCUT2D eigenvalue weighted by Gasteiger charge is -2.38. The monoisotopic (exact) mass is 648 g/mol. The molecule has 2 aliphatic rings. The molecule has 2 heterocycles. The minimum Gasteiger partial charge on any atom is -0.499 e. The second kappa shape index (κ2) is 16.4. The van der Waals surface area contributed by atoms with Gasteiger partial charge in [-0.2, -0.15) is 0 Å². The lowest BCUT2D eigenvalue weighted by atomic mass is 9.96. The molecule has 1 fully saturated rings. The Morgan fingerprint density at radius 2 is 1.61 bits per heavy atom. The van der Waals surface area contributed by atoms with Crippen LogP contribution in [-0.2, 0) is 38.2 Å². The highest BCUT2D eigenvalue weighted by molar-refractivity contribution is 6.07. The molecule has 0 aromatic rings. The summed E-state index contributed by atoms with van der Waals surface area (Å²) in [6.07, 6.45) is 1.98. The highest BCUT2D eigenvalue weighted by Crippen LogP contribution is 2.31. The molecule has 260 valence electrons. The summed E-state index contributed by atoms with van der Waals surface area (Å²) in [5.74, 6) is -3.17. The van der Waals surface area contributed by atoms with Crippen molar-refractivity contribution in [2.45, 2.75) is 118 Å². The molecule has 12 nitrogen and oxygen atoms in total. The van der Waals surface area contributed by atoms with Gasteiger partial charge in [0, 0.05) is 39.6 Å². The summed E-state index contributed by atoms with van der Waals surface area (Å²) in [6, 6.07) is -3.26. The van der Waals surface area contributed by atoms with Crippen molar-refractivity contribution < 1.29 is 38.2 Å². The number of likely N-dealkylation sites (N-methyl/N-ethyl adjacent to an activating group) is 2. The summed E-state index contributed by atoms with van der Waals surface area (Å²) < 4.78 is 11.3. The molecule has 46 heavy (non-hydrogen) atoms. The second-order valence-electron chi connectivity index (χ2n) is 13.8. The number of likely N-dealkylation sites (tertiary alicyclic amines) is 1. The van der Waals surface area contributed by atoms with Gasteiger partial charge in [0.15, 0.2) is 6.10 Å². The Morgan fingerprint density at radius 3 is 2.09 bits per heavy atom. The van der Waals surface area contributed by atoms with Crippen LogP contribution < -0.4 is 0 Å². The first-order valence-electron chi connectivity index (χ1n) is 16.5. The number of ether oxygens (including phenoxy) is 2. The van der Waals surface area contributed by atoms with Crippen molar-refractivity contribution in [1.82, 2.24) is 19.6 Å². The van der Waals surface area contributed by atoms with Crippen LogP contribution in [0.4, 0.5) is 0 Å². The van der Waals surface area contributed by atoms with Crippen molar-refractivity contribution in [2.75, 3.05) is 27.7 Å². The lowest BCUT2D eigenvalue weighted by Crippen LogP contribution is -2.59. The number of amides is 5. The van der Waals surface area contributed by atoms with Crippen molar-refractivity contribution >= 4 is 35.5 Å². The van der Waals surface area contributed by atoms with E-state index in [-0.39, 0.29) is 29.6 Å². The van der Waals surface area contributed by atoms with Crippen molar-refractivity contribution in [3.63, 3.8) is 0 Å². The number of nitrogens with zero attached hydrogens (tertiary/aromatic N) is 4. The van der Waals surface area contributed by atoms with E-state index in [1.807, 2.05) is 48.5 Å². The van der Waals surface area contributed by atoms with E-state index >= 15 is 0 Å². The smallest absolute Gasteiger partial charge is 0.329 e. The van der Waals surface area contributed by atoms with Gasteiger partial charge in [0.05, 0.1) is 13.2 Å². The zero-order valence-corrected chi connectivity index (χ0v) is 29.9. The Hall–Kier alpha value is -3.44. The molecule has 6 atom stereocenters. The van der Waals surface area contributed by atoms with E-state index < -0.39 is 59.9 Å². The number of methoxy groups -OCH3 is 1. The van der Waals surface area contributed by atoms with Gasteiger partial charge in [-0.05, 0) is 43.4 Å². The molecule has 0 saturated carbocycles. The molecule has 1 unspecified atom stereocenters.